The van der Waals surface area contributed by atoms with Crippen molar-refractivity contribution in [1.82, 2.24) is 19.8 Å². The average Bonchev–Trinajstić information content (AvgIpc) is 3.18. The molecule has 3 heterocycles. The molecule has 182 valence electrons. The Balaban J connectivity index is 1.60. The quantitative estimate of drug-likeness (QED) is 0.309. The zero-order valence-corrected chi connectivity index (χ0v) is 19.8. The van der Waals surface area contributed by atoms with Gasteiger partial charge in [-0.25, -0.2) is 10.3 Å². The molecule has 1 atom stereocenters. The van der Waals surface area contributed by atoms with Gasteiger partial charge in [0.05, 0.1) is 19.1 Å². The Morgan fingerprint density at radius 3 is 2.66 bits per heavy atom. The molecule has 5 rings (SSSR count). The highest BCUT2D eigenvalue weighted by Gasteiger charge is 2.44. The van der Waals surface area contributed by atoms with E-state index in [4.69, 9.17) is 9.94 Å². The van der Waals surface area contributed by atoms with Crippen molar-refractivity contribution in [3.8, 4) is 5.75 Å². The lowest BCUT2D eigenvalue weighted by molar-refractivity contribution is -0.132. The van der Waals surface area contributed by atoms with E-state index in [1.807, 2.05) is 30.3 Å². The Labute approximate surface area is 202 Å². The SMILES string of the molecule is CCCCOc1ccc2c(c1)c1c(n2Cc2ccc(C(=O)NO)cc2)CN2CC1C(=O)N(C)C2=O. The predicted octanol–water partition coefficient (Wildman–Crippen LogP) is 3.48. The first kappa shape index (κ1) is 22.9. The summed E-state index contributed by atoms with van der Waals surface area (Å²) in [4.78, 5) is 40.5. The number of fused-ring (bicyclic) bond motifs is 6. The summed E-state index contributed by atoms with van der Waals surface area (Å²) >= 11 is 0. The lowest BCUT2D eigenvalue weighted by Gasteiger charge is -2.41. The zero-order chi connectivity index (χ0) is 24.7. The summed E-state index contributed by atoms with van der Waals surface area (Å²) in [6, 6.07) is 12.7. The Hall–Kier alpha value is -3.85. The number of carbonyl (C=O) groups excluding carboxylic acids is 3. The molecule has 1 unspecified atom stereocenters. The maximum Gasteiger partial charge on any atom is 0.326 e. The molecule has 3 aromatic rings. The summed E-state index contributed by atoms with van der Waals surface area (Å²) < 4.78 is 8.11. The first-order chi connectivity index (χ1) is 16.9. The number of ether oxygens (including phenoxy) is 1. The number of urea groups is 1. The number of unbranched alkanes of at least 4 members (excludes halogenated alkanes) is 1. The molecule has 2 aliphatic rings. The van der Waals surface area contributed by atoms with Crippen LogP contribution >= 0.6 is 0 Å². The van der Waals surface area contributed by atoms with Crippen molar-refractivity contribution in [2.24, 2.45) is 0 Å². The van der Waals surface area contributed by atoms with Crippen molar-refractivity contribution in [3.63, 3.8) is 0 Å². The maximum absolute atomic E-state index is 13.1. The number of nitrogens with zero attached hydrogens (tertiary/aromatic N) is 3. The molecule has 1 saturated heterocycles. The maximum atomic E-state index is 13.1. The van der Waals surface area contributed by atoms with Gasteiger partial charge in [0.1, 0.15) is 5.75 Å². The number of hydrogen-bond acceptors (Lipinski definition) is 5. The Kier molecular flexibility index (Phi) is 5.94. The third kappa shape index (κ3) is 3.91. The van der Waals surface area contributed by atoms with E-state index in [0.29, 0.717) is 31.8 Å². The van der Waals surface area contributed by atoms with Crippen LogP contribution in [0.25, 0.3) is 10.9 Å². The van der Waals surface area contributed by atoms with Crippen molar-refractivity contribution in [1.29, 1.82) is 0 Å². The van der Waals surface area contributed by atoms with Crippen molar-refractivity contribution < 1.29 is 24.3 Å². The second-order valence-corrected chi connectivity index (χ2v) is 9.08. The van der Waals surface area contributed by atoms with Crippen LogP contribution in [0.1, 0.15) is 52.9 Å². The van der Waals surface area contributed by atoms with Gasteiger partial charge in [0.2, 0.25) is 5.91 Å². The minimum Gasteiger partial charge on any atom is -0.494 e. The Morgan fingerprint density at radius 1 is 1.17 bits per heavy atom. The monoisotopic (exact) mass is 476 g/mol. The number of carbonyl (C=O) groups is 3. The Morgan fingerprint density at radius 2 is 1.94 bits per heavy atom. The molecule has 0 spiro atoms. The number of imide groups is 1. The molecular formula is C26H28N4O5. The number of aromatic nitrogens is 1. The molecule has 0 aliphatic carbocycles. The topological polar surface area (TPSA) is 104 Å². The number of likely N-dealkylation sites (N-methyl/N-ethyl adjacent to an activating group) is 1. The minimum absolute atomic E-state index is 0.192. The van der Waals surface area contributed by atoms with Gasteiger partial charge in [-0.3, -0.25) is 19.7 Å². The molecule has 0 radical (unpaired) electrons. The molecular weight excluding hydrogens is 448 g/mol. The van der Waals surface area contributed by atoms with Gasteiger partial charge in [-0.1, -0.05) is 25.5 Å². The molecule has 1 aromatic heterocycles. The first-order valence-corrected chi connectivity index (χ1v) is 11.8. The van der Waals surface area contributed by atoms with E-state index in [9.17, 15) is 14.4 Å². The molecule has 2 aliphatic heterocycles. The summed E-state index contributed by atoms with van der Waals surface area (Å²) in [7, 11) is 1.54. The van der Waals surface area contributed by atoms with E-state index in [-0.39, 0.29) is 11.9 Å². The van der Waals surface area contributed by atoms with Crippen LogP contribution in [0.5, 0.6) is 5.75 Å². The molecule has 4 amide bonds. The number of hydrogen-bond donors (Lipinski definition) is 2. The lowest BCUT2D eigenvalue weighted by atomic mass is 9.89. The van der Waals surface area contributed by atoms with Crippen LogP contribution in [-0.4, -0.2) is 57.6 Å². The van der Waals surface area contributed by atoms with E-state index in [2.05, 4.69) is 11.5 Å². The molecule has 2 aromatic carbocycles. The van der Waals surface area contributed by atoms with Crippen LogP contribution < -0.4 is 10.2 Å². The molecule has 35 heavy (non-hydrogen) atoms. The fraction of sp³-hybridized carbons (Fsp3) is 0.346. The predicted molar refractivity (Wildman–Crippen MR) is 128 cm³/mol. The van der Waals surface area contributed by atoms with Gasteiger partial charge in [0, 0.05) is 42.3 Å². The van der Waals surface area contributed by atoms with Crippen LogP contribution in [0.3, 0.4) is 0 Å². The fourth-order valence-corrected chi connectivity index (χ4v) is 5.03. The number of benzene rings is 2. The van der Waals surface area contributed by atoms with Crippen LogP contribution in [0.4, 0.5) is 4.79 Å². The van der Waals surface area contributed by atoms with Crippen LogP contribution in [0.15, 0.2) is 42.5 Å². The van der Waals surface area contributed by atoms with Crippen molar-refractivity contribution >= 4 is 28.7 Å². The third-order valence-corrected chi connectivity index (χ3v) is 6.89. The van der Waals surface area contributed by atoms with Crippen molar-refractivity contribution in [3.05, 3.63) is 64.8 Å². The third-order valence-electron chi connectivity index (χ3n) is 6.89. The van der Waals surface area contributed by atoms with E-state index in [1.165, 1.54) is 11.9 Å². The van der Waals surface area contributed by atoms with Gasteiger partial charge in [0.15, 0.2) is 0 Å². The molecule has 0 saturated carbocycles. The average molecular weight is 477 g/mol. The van der Waals surface area contributed by atoms with Gasteiger partial charge in [-0.05, 0) is 47.9 Å². The molecule has 2 N–H and O–H groups in total. The van der Waals surface area contributed by atoms with Gasteiger partial charge >= 0.3 is 6.03 Å². The number of rotatable bonds is 7. The van der Waals surface area contributed by atoms with Gasteiger partial charge in [-0.15, -0.1) is 0 Å². The summed E-state index contributed by atoms with van der Waals surface area (Å²) in [5, 5.41) is 9.83. The van der Waals surface area contributed by atoms with E-state index in [0.717, 1.165) is 46.3 Å². The second-order valence-electron chi connectivity index (χ2n) is 9.08. The normalized spacial score (nSPS) is 17.1. The van der Waals surface area contributed by atoms with E-state index < -0.39 is 11.8 Å². The van der Waals surface area contributed by atoms with Crippen LogP contribution in [0, 0.1) is 0 Å². The lowest BCUT2D eigenvalue weighted by Crippen LogP contribution is -2.56. The highest BCUT2D eigenvalue weighted by atomic mass is 16.5. The highest BCUT2D eigenvalue weighted by molar-refractivity contribution is 6.04. The van der Waals surface area contributed by atoms with E-state index in [1.54, 1.807) is 22.5 Å². The van der Waals surface area contributed by atoms with Crippen molar-refractivity contribution in [2.75, 3.05) is 20.2 Å². The van der Waals surface area contributed by atoms with Crippen LogP contribution in [0.2, 0.25) is 0 Å². The first-order valence-electron chi connectivity index (χ1n) is 11.8. The number of amides is 4. The fourth-order valence-electron chi connectivity index (χ4n) is 5.03. The highest BCUT2D eigenvalue weighted by Crippen LogP contribution is 2.41. The molecule has 2 bridgehead atoms. The zero-order valence-electron chi connectivity index (χ0n) is 19.8. The van der Waals surface area contributed by atoms with Gasteiger partial charge < -0.3 is 14.2 Å². The van der Waals surface area contributed by atoms with Crippen LogP contribution in [-0.2, 0) is 17.9 Å². The van der Waals surface area contributed by atoms with Gasteiger partial charge in [0.25, 0.3) is 5.91 Å². The van der Waals surface area contributed by atoms with Crippen molar-refractivity contribution in [2.45, 2.75) is 38.8 Å². The standard InChI is InChI=1S/C26H28N4O5/c1-3-4-11-35-18-9-10-21-19(12-18)23-20-14-29(26(33)28(2)25(20)32)15-22(23)30(21)13-16-5-7-17(8-6-16)24(31)27-34/h5-10,12,20,34H,3-4,11,13-15H2,1-2H3,(H,27,31). The summed E-state index contributed by atoms with van der Waals surface area (Å²) in [6.07, 6.45) is 2.00. The molecule has 1 fully saturated rings. The Bertz CT molecular complexity index is 1310. The number of hydroxylamine groups is 1. The smallest absolute Gasteiger partial charge is 0.326 e. The second kappa shape index (κ2) is 9.07. The summed E-state index contributed by atoms with van der Waals surface area (Å²) in [5.41, 5.74) is 5.80. The number of nitrogens with one attached hydrogen (secondary N) is 1. The summed E-state index contributed by atoms with van der Waals surface area (Å²) in [5.74, 6) is -0.423. The minimum atomic E-state index is -0.572. The summed E-state index contributed by atoms with van der Waals surface area (Å²) in [6.45, 7) is 4.03. The van der Waals surface area contributed by atoms with Gasteiger partial charge in [-0.2, -0.15) is 0 Å². The van der Waals surface area contributed by atoms with E-state index >= 15 is 0 Å². The molecule has 9 nitrogen and oxygen atoms in total. The molecule has 9 heteroatoms. The largest absolute Gasteiger partial charge is 0.494 e.